The number of allylic oxidation sites excluding steroid dienone is 9. The summed E-state index contributed by atoms with van der Waals surface area (Å²) >= 11 is 0. The van der Waals surface area contributed by atoms with Gasteiger partial charge in [0.2, 0.25) is 0 Å². The molecule has 0 heterocycles. The van der Waals surface area contributed by atoms with Crippen molar-refractivity contribution in [2.24, 2.45) is 0 Å². The maximum Gasteiger partial charge on any atom is -0.0169 e. The molecule has 0 aromatic carbocycles. The number of rotatable bonds is 16. The van der Waals surface area contributed by atoms with Crippen molar-refractivity contribution in [3.8, 4) is 0 Å². The van der Waals surface area contributed by atoms with Gasteiger partial charge >= 0.3 is 0 Å². The average molecular weight is 315 g/mol. The molecule has 0 aromatic heterocycles. The first-order valence-corrected chi connectivity index (χ1v) is 9.62. The largest absolute Gasteiger partial charge is 0.103 e. The molecule has 0 N–H and O–H groups in total. The van der Waals surface area contributed by atoms with Gasteiger partial charge in [0.1, 0.15) is 0 Å². The predicted molar refractivity (Wildman–Crippen MR) is 108 cm³/mol. The lowest BCUT2D eigenvalue weighted by Gasteiger charge is -1.95. The van der Waals surface area contributed by atoms with Crippen LogP contribution in [0.15, 0.2) is 61.3 Å². The molecule has 0 aliphatic carbocycles. The Morgan fingerprint density at radius 1 is 0.522 bits per heavy atom. The zero-order valence-electron chi connectivity index (χ0n) is 15.4. The van der Waals surface area contributed by atoms with E-state index in [9.17, 15) is 0 Å². The summed E-state index contributed by atoms with van der Waals surface area (Å²) in [4.78, 5) is 0. The first kappa shape index (κ1) is 21.7. The van der Waals surface area contributed by atoms with Crippen LogP contribution in [0.3, 0.4) is 0 Å². The molecule has 23 heavy (non-hydrogen) atoms. The fraction of sp³-hybridized carbons (Fsp3) is 0.565. The highest BCUT2D eigenvalue weighted by Crippen LogP contribution is 2.05. The molecule has 0 heteroatoms. The molecule has 0 bridgehead atoms. The monoisotopic (exact) mass is 314 g/mol. The summed E-state index contributed by atoms with van der Waals surface area (Å²) in [5, 5.41) is 0. The van der Waals surface area contributed by atoms with Gasteiger partial charge in [0.15, 0.2) is 0 Å². The van der Waals surface area contributed by atoms with Crippen molar-refractivity contribution in [3.05, 3.63) is 61.3 Å². The maximum absolute atomic E-state index is 3.73. The topological polar surface area (TPSA) is 0 Å². The van der Waals surface area contributed by atoms with Gasteiger partial charge in [0.05, 0.1) is 0 Å². The molecule has 130 valence electrons. The third-order valence-electron chi connectivity index (χ3n) is 3.74. The van der Waals surface area contributed by atoms with Crippen molar-refractivity contribution in [1.82, 2.24) is 0 Å². The van der Waals surface area contributed by atoms with Gasteiger partial charge in [-0.05, 0) is 51.4 Å². The van der Waals surface area contributed by atoms with E-state index in [1.54, 1.807) is 0 Å². The summed E-state index contributed by atoms with van der Waals surface area (Å²) in [5.74, 6) is 0. The summed E-state index contributed by atoms with van der Waals surface area (Å²) in [6.07, 6.45) is 35.0. The van der Waals surface area contributed by atoms with Crippen LogP contribution in [0, 0.1) is 0 Å². The van der Waals surface area contributed by atoms with E-state index in [0.29, 0.717) is 0 Å². The summed E-state index contributed by atoms with van der Waals surface area (Å²) in [7, 11) is 0. The zero-order chi connectivity index (χ0) is 16.8. The molecule has 0 rings (SSSR count). The van der Waals surface area contributed by atoms with Gasteiger partial charge in [0, 0.05) is 0 Å². The standard InChI is InChI=1S/C23H38/c1-3-5-7-9-11-13-15-17-19-21-23-22-20-18-16-14-12-10-8-6-4-2/h3,11,13,16-19,22-23H,1,4-10,12,14-15,20-21H2,2H3/b13-11-,18-16-,19-17-,23-22-. The Balaban J connectivity index is 3.35. The minimum atomic E-state index is 1.05. The number of hydrogen-bond donors (Lipinski definition) is 0. The Hall–Kier alpha value is -1.30. The van der Waals surface area contributed by atoms with E-state index in [1.807, 2.05) is 6.08 Å². The van der Waals surface area contributed by atoms with Crippen molar-refractivity contribution >= 4 is 0 Å². The Morgan fingerprint density at radius 2 is 1.00 bits per heavy atom. The van der Waals surface area contributed by atoms with Gasteiger partial charge in [0.25, 0.3) is 0 Å². The van der Waals surface area contributed by atoms with Gasteiger partial charge in [-0.2, -0.15) is 0 Å². The molecule has 0 saturated heterocycles. The fourth-order valence-electron chi connectivity index (χ4n) is 2.29. The predicted octanol–water partition coefficient (Wildman–Crippen LogP) is 8.10. The maximum atomic E-state index is 3.73. The highest BCUT2D eigenvalue weighted by molar-refractivity contribution is 4.99. The van der Waals surface area contributed by atoms with Crippen LogP contribution < -0.4 is 0 Å². The lowest BCUT2D eigenvalue weighted by atomic mass is 10.1. The van der Waals surface area contributed by atoms with E-state index in [2.05, 4.69) is 62.1 Å². The van der Waals surface area contributed by atoms with Crippen molar-refractivity contribution < 1.29 is 0 Å². The average Bonchev–Trinajstić information content (AvgIpc) is 2.57. The van der Waals surface area contributed by atoms with E-state index in [4.69, 9.17) is 0 Å². The lowest BCUT2D eigenvalue weighted by molar-refractivity contribution is 0.637. The van der Waals surface area contributed by atoms with E-state index < -0.39 is 0 Å². The second kappa shape index (κ2) is 20.7. The third kappa shape index (κ3) is 20.7. The lowest BCUT2D eigenvalue weighted by Crippen LogP contribution is -1.75. The molecule has 0 aliphatic rings. The number of hydrogen-bond acceptors (Lipinski definition) is 0. The molecule has 0 aliphatic heterocycles. The Bertz CT molecular complexity index is 341. The van der Waals surface area contributed by atoms with E-state index in [1.165, 1.54) is 51.4 Å². The molecule has 0 spiro atoms. The molecule has 0 amide bonds. The van der Waals surface area contributed by atoms with Gasteiger partial charge in [-0.15, -0.1) is 6.58 Å². The molecule has 0 aromatic rings. The van der Waals surface area contributed by atoms with Gasteiger partial charge < -0.3 is 0 Å². The molecule has 0 atom stereocenters. The summed E-state index contributed by atoms with van der Waals surface area (Å²) in [6.45, 7) is 6.00. The van der Waals surface area contributed by atoms with Gasteiger partial charge in [-0.1, -0.05) is 87.3 Å². The van der Waals surface area contributed by atoms with Crippen LogP contribution in [0.5, 0.6) is 0 Å². The van der Waals surface area contributed by atoms with Crippen LogP contribution in [0.25, 0.3) is 0 Å². The molecule has 0 nitrogen and oxygen atoms in total. The van der Waals surface area contributed by atoms with Crippen molar-refractivity contribution in [2.75, 3.05) is 0 Å². The van der Waals surface area contributed by atoms with E-state index in [-0.39, 0.29) is 0 Å². The van der Waals surface area contributed by atoms with Crippen molar-refractivity contribution in [3.63, 3.8) is 0 Å². The zero-order valence-corrected chi connectivity index (χ0v) is 15.4. The Labute approximate surface area is 145 Å². The molecule has 0 fully saturated rings. The van der Waals surface area contributed by atoms with Crippen LogP contribution >= 0.6 is 0 Å². The molecular weight excluding hydrogens is 276 g/mol. The van der Waals surface area contributed by atoms with Gasteiger partial charge in [-0.25, -0.2) is 0 Å². The van der Waals surface area contributed by atoms with Crippen LogP contribution in [-0.2, 0) is 0 Å². The minimum absolute atomic E-state index is 1.05. The van der Waals surface area contributed by atoms with Crippen molar-refractivity contribution in [2.45, 2.75) is 84.0 Å². The Kier molecular flexibility index (Phi) is 19.5. The first-order valence-electron chi connectivity index (χ1n) is 9.62. The quantitative estimate of drug-likeness (QED) is 0.199. The highest BCUT2D eigenvalue weighted by Gasteiger charge is 1.85. The second-order valence-corrected chi connectivity index (χ2v) is 6.02. The highest BCUT2D eigenvalue weighted by atomic mass is 13.9. The SMILES string of the molecule is C=CCCC/C=C\C/C=C\C/C=C\C/C=C\CCCCCCC. The fourth-order valence-corrected chi connectivity index (χ4v) is 2.29. The molecule has 0 radical (unpaired) electrons. The van der Waals surface area contributed by atoms with Crippen molar-refractivity contribution in [1.29, 1.82) is 0 Å². The van der Waals surface area contributed by atoms with Crippen LogP contribution in [-0.4, -0.2) is 0 Å². The summed E-state index contributed by atoms with van der Waals surface area (Å²) in [6, 6.07) is 0. The van der Waals surface area contributed by atoms with E-state index >= 15 is 0 Å². The smallest absolute Gasteiger partial charge is 0.0169 e. The second-order valence-electron chi connectivity index (χ2n) is 6.02. The molecule has 0 saturated carbocycles. The van der Waals surface area contributed by atoms with E-state index in [0.717, 1.165) is 25.7 Å². The first-order chi connectivity index (χ1) is 11.4. The number of unbranched alkanes of at least 4 members (excludes halogenated alkanes) is 7. The van der Waals surface area contributed by atoms with Crippen LogP contribution in [0.1, 0.15) is 84.0 Å². The van der Waals surface area contributed by atoms with Crippen LogP contribution in [0.4, 0.5) is 0 Å². The minimum Gasteiger partial charge on any atom is -0.103 e. The molecular formula is C23H38. The van der Waals surface area contributed by atoms with Gasteiger partial charge in [-0.3, -0.25) is 0 Å². The normalized spacial score (nSPS) is 12.4. The Morgan fingerprint density at radius 3 is 1.52 bits per heavy atom. The molecule has 0 unspecified atom stereocenters. The summed E-state index contributed by atoms with van der Waals surface area (Å²) in [5.41, 5.74) is 0. The third-order valence-corrected chi connectivity index (χ3v) is 3.74. The summed E-state index contributed by atoms with van der Waals surface area (Å²) < 4.78 is 0. The van der Waals surface area contributed by atoms with Crippen LogP contribution in [0.2, 0.25) is 0 Å².